The average Bonchev–Trinajstić information content (AvgIpc) is 2.72. The van der Waals surface area contributed by atoms with Gasteiger partial charge in [-0.1, -0.05) is 40.2 Å². The van der Waals surface area contributed by atoms with E-state index in [2.05, 4.69) is 20.7 Å². The van der Waals surface area contributed by atoms with Gasteiger partial charge in [0.2, 0.25) is 0 Å². The molecule has 1 N–H and O–H groups in total. The number of rotatable bonds is 5. The lowest BCUT2D eigenvalue weighted by atomic mass is 10.0. The largest absolute Gasteiger partial charge is 0.478 e. The number of hydrogen-bond donors (Lipinski definition) is 1. The molecule has 0 heterocycles. The first-order chi connectivity index (χ1) is 15.3. The van der Waals surface area contributed by atoms with Gasteiger partial charge < -0.3 is 14.6 Å². The minimum atomic E-state index is -0.888. The second-order valence-electron chi connectivity index (χ2n) is 8.08. The number of carboxylic acids is 1. The highest BCUT2D eigenvalue weighted by Gasteiger charge is 2.18. The van der Waals surface area contributed by atoms with E-state index in [9.17, 15) is 14.4 Å². The number of allylic oxidation sites excluding steroid dienone is 2. The maximum atomic E-state index is 12.0. The molecule has 6 nitrogen and oxygen atoms in total. The fourth-order valence-electron chi connectivity index (χ4n) is 2.47. The molecule has 33 heavy (non-hydrogen) atoms. The highest BCUT2D eigenvalue weighted by molar-refractivity contribution is 9.10. The lowest BCUT2D eigenvalue weighted by Gasteiger charge is -2.19. The number of aryl methyl sites for hydroxylation is 2. The van der Waals surface area contributed by atoms with Crippen molar-refractivity contribution in [1.82, 2.24) is 0 Å². The fraction of sp³-hybridized carbons (Fsp3) is 0.269. The Morgan fingerprint density at radius 1 is 0.939 bits per heavy atom. The molecular formula is C26H29BrO6. The van der Waals surface area contributed by atoms with Gasteiger partial charge in [-0.05, 0) is 81.6 Å². The molecule has 0 saturated carbocycles. The van der Waals surface area contributed by atoms with Gasteiger partial charge in [0.05, 0.1) is 18.2 Å². The monoisotopic (exact) mass is 516 g/mol. The van der Waals surface area contributed by atoms with Crippen LogP contribution in [0.25, 0.3) is 6.08 Å². The van der Waals surface area contributed by atoms with Crippen LogP contribution in [0.3, 0.4) is 0 Å². The summed E-state index contributed by atoms with van der Waals surface area (Å²) in [6.07, 6.45) is 6.54. The zero-order valence-corrected chi connectivity index (χ0v) is 21.2. The minimum Gasteiger partial charge on any atom is -0.478 e. The standard InChI is InChI=1S/C18H22O4.C8H7BrO2/c1-13-12-15(17(20)22-18(2,3)4)11-10-14(13)8-6-7-9-16(19)21-5;1-5-4-6(8(10)11)2-3-7(5)9/h6-12H,1-5H3;2-4H,1H3,(H,10,11)/b8-6+,9-7+;. The van der Waals surface area contributed by atoms with E-state index in [4.69, 9.17) is 9.84 Å². The maximum Gasteiger partial charge on any atom is 0.338 e. The van der Waals surface area contributed by atoms with Gasteiger partial charge in [0.25, 0.3) is 0 Å². The van der Waals surface area contributed by atoms with Crippen molar-refractivity contribution in [1.29, 1.82) is 0 Å². The Bertz CT molecular complexity index is 1060. The van der Waals surface area contributed by atoms with Crippen molar-refractivity contribution in [2.75, 3.05) is 7.11 Å². The van der Waals surface area contributed by atoms with Gasteiger partial charge in [-0.3, -0.25) is 0 Å². The molecule has 0 spiro atoms. The fourth-order valence-corrected chi connectivity index (χ4v) is 2.71. The molecule has 2 rings (SSSR count). The first-order valence-corrected chi connectivity index (χ1v) is 10.9. The topological polar surface area (TPSA) is 89.9 Å². The molecule has 0 aliphatic rings. The van der Waals surface area contributed by atoms with Gasteiger partial charge in [0.15, 0.2) is 0 Å². The predicted molar refractivity (Wildman–Crippen MR) is 132 cm³/mol. The van der Waals surface area contributed by atoms with Crippen LogP contribution in [0.4, 0.5) is 0 Å². The van der Waals surface area contributed by atoms with Gasteiger partial charge in [0, 0.05) is 10.5 Å². The summed E-state index contributed by atoms with van der Waals surface area (Å²) in [7, 11) is 1.33. The Morgan fingerprint density at radius 2 is 1.55 bits per heavy atom. The molecule has 0 amide bonds. The molecule has 0 radical (unpaired) electrons. The van der Waals surface area contributed by atoms with Crippen LogP contribution in [-0.4, -0.2) is 35.7 Å². The third kappa shape index (κ3) is 10.3. The van der Waals surface area contributed by atoms with Crippen molar-refractivity contribution in [3.8, 4) is 0 Å². The van der Waals surface area contributed by atoms with Gasteiger partial charge in [0.1, 0.15) is 5.60 Å². The van der Waals surface area contributed by atoms with E-state index in [1.807, 2.05) is 46.8 Å². The van der Waals surface area contributed by atoms with Crippen molar-refractivity contribution in [3.05, 3.63) is 86.9 Å². The normalized spacial score (nSPS) is 11.1. The predicted octanol–water partition coefficient (Wildman–Crippen LogP) is 6.15. The van der Waals surface area contributed by atoms with E-state index < -0.39 is 17.5 Å². The summed E-state index contributed by atoms with van der Waals surface area (Å²) >= 11 is 3.29. The highest BCUT2D eigenvalue weighted by atomic mass is 79.9. The minimum absolute atomic E-state index is 0.325. The number of carbonyl (C=O) groups excluding carboxylic acids is 2. The third-order valence-electron chi connectivity index (χ3n) is 4.13. The zero-order valence-electron chi connectivity index (χ0n) is 19.6. The second kappa shape index (κ2) is 12.7. The summed E-state index contributed by atoms with van der Waals surface area (Å²) in [5.74, 6) is -1.63. The van der Waals surface area contributed by atoms with Crippen LogP contribution >= 0.6 is 15.9 Å². The summed E-state index contributed by atoms with van der Waals surface area (Å²) in [6, 6.07) is 10.3. The lowest BCUT2D eigenvalue weighted by Crippen LogP contribution is -2.23. The van der Waals surface area contributed by atoms with Crippen molar-refractivity contribution in [2.24, 2.45) is 0 Å². The Balaban J connectivity index is 0.000000412. The summed E-state index contributed by atoms with van der Waals surface area (Å²) in [6.45, 7) is 9.28. The molecule has 0 saturated heterocycles. The average molecular weight is 517 g/mol. The number of esters is 2. The van der Waals surface area contributed by atoms with Crippen LogP contribution in [0, 0.1) is 13.8 Å². The molecule has 0 aliphatic heterocycles. The first-order valence-electron chi connectivity index (χ1n) is 10.1. The van der Waals surface area contributed by atoms with Crippen LogP contribution in [-0.2, 0) is 14.3 Å². The zero-order chi connectivity index (χ0) is 25.2. The van der Waals surface area contributed by atoms with Gasteiger partial charge in [-0.15, -0.1) is 0 Å². The third-order valence-corrected chi connectivity index (χ3v) is 5.02. The molecule has 2 aromatic carbocycles. The molecule has 2 aromatic rings. The lowest BCUT2D eigenvalue weighted by molar-refractivity contribution is -0.134. The first kappa shape index (κ1) is 27.8. The van der Waals surface area contributed by atoms with E-state index in [0.29, 0.717) is 11.1 Å². The number of halogens is 1. The number of aromatic carboxylic acids is 1. The van der Waals surface area contributed by atoms with Crippen LogP contribution in [0.15, 0.2) is 59.1 Å². The van der Waals surface area contributed by atoms with Gasteiger partial charge in [-0.25, -0.2) is 14.4 Å². The van der Waals surface area contributed by atoms with E-state index in [1.54, 1.807) is 42.5 Å². The highest BCUT2D eigenvalue weighted by Crippen LogP contribution is 2.18. The van der Waals surface area contributed by atoms with Crippen LogP contribution < -0.4 is 0 Å². The summed E-state index contributed by atoms with van der Waals surface area (Å²) in [5.41, 5.74) is 3.18. The second-order valence-corrected chi connectivity index (χ2v) is 8.94. The Kier molecular flexibility index (Phi) is 10.8. The molecule has 0 fully saturated rings. The van der Waals surface area contributed by atoms with E-state index >= 15 is 0 Å². The van der Waals surface area contributed by atoms with E-state index in [-0.39, 0.29) is 5.97 Å². The number of methoxy groups -OCH3 is 1. The quantitative estimate of drug-likeness (QED) is 0.291. The van der Waals surface area contributed by atoms with Gasteiger partial charge >= 0.3 is 17.9 Å². The Morgan fingerprint density at radius 3 is 2.06 bits per heavy atom. The Labute approximate surface area is 203 Å². The van der Waals surface area contributed by atoms with Crippen molar-refractivity contribution in [3.63, 3.8) is 0 Å². The molecular weight excluding hydrogens is 488 g/mol. The maximum absolute atomic E-state index is 12.0. The molecule has 0 aromatic heterocycles. The Hall–Kier alpha value is -3.19. The summed E-state index contributed by atoms with van der Waals surface area (Å²) < 4.78 is 10.8. The van der Waals surface area contributed by atoms with Crippen LogP contribution in [0.1, 0.15) is 58.2 Å². The molecule has 176 valence electrons. The van der Waals surface area contributed by atoms with E-state index in [0.717, 1.165) is 21.2 Å². The molecule has 0 unspecified atom stereocenters. The van der Waals surface area contributed by atoms with E-state index in [1.165, 1.54) is 13.2 Å². The smallest absolute Gasteiger partial charge is 0.338 e. The van der Waals surface area contributed by atoms with Crippen molar-refractivity contribution >= 4 is 39.9 Å². The molecule has 0 atom stereocenters. The van der Waals surface area contributed by atoms with Crippen molar-refractivity contribution < 1.29 is 29.0 Å². The van der Waals surface area contributed by atoms with Gasteiger partial charge in [-0.2, -0.15) is 0 Å². The molecule has 0 bridgehead atoms. The molecule has 7 heteroatoms. The van der Waals surface area contributed by atoms with Crippen LogP contribution in [0.2, 0.25) is 0 Å². The number of benzene rings is 2. The summed E-state index contributed by atoms with van der Waals surface area (Å²) in [4.78, 5) is 33.4. The molecule has 0 aliphatic carbocycles. The number of carbonyl (C=O) groups is 3. The van der Waals surface area contributed by atoms with Crippen molar-refractivity contribution in [2.45, 2.75) is 40.2 Å². The summed E-state index contributed by atoms with van der Waals surface area (Å²) in [5, 5.41) is 8.58. The SMILES string of the molecule is COC(=O)/C=C/C=C/c1ccc(C(=O)OC(C)(C)C)cc1C.Cc1cc(C(=O)O)ccc1Br. The number of ether oxygens (including phenoxy) is 2. The van der Waals surface area contributed by atoms with Crippen LogP contribution in [0.5, 0.6) is 0 Å². The number of hydrogen-bond acceptors (Lipinski definition) is 5. The number of carboxylic acid groups (broad SMARTS) is 1.